The maximum atomic E-state index is 12.1. The van der Waals surface area contributed by atoms with Crippen molar-refractivity contribution in [1.82, 2.24) is 24.2 Å². The molecule has 9 nitrogen and oxygen atoms in total. The topological polar surface area (TPSA) is 113 Å². The molecule has 4 heterocycles. The third-order valence-electron chi connectivity index (χ3n) is 5.86. The standard InChI is InChI=1S/C26H26N6O3S2/c1-17(33)25(34)32-13-10-18(11-14-32)23-29-26(37-31-23)30-24-21(35-19-7-3-2-4-8-19)15-20(16-28-24)36-22-9-5-6-12-27-22/h2-9,12,15-18,33H,10-11,13-14H2,1H3,(H,28,29,30,31)/t17-/m1/s1. The minimum Gasteiger partial charge on any atom is -0.453 e. The molecule has 190 valence electrons. The molecule has 4 aromatic rings. The predicted molar refractivity (Wildman–Crippen MR) is 143 cm³/mol. The molecular weight excluding hydrogens is 508 g/mol. The second-order valence-corrected chi connectivity index (χ2v) is 10.4. The first-order chi connectivity index (χ1) is 18.0. The Morgan fingerprint density at radius 2 is 1.95 bits per heavy atom. The molecule has 0 radical (unpaired) electrons. The number of aliphatic hydroxyl groups is 1. The average Bonchev–Trinajstić information content (AvgIpc) is 3.39. The lowest BCUT2D eigenvalue weighted by Gasteiger charge is -2.31. The van der Waals surface area contributed by atoms with Gasteiger partial charge in [-0.05, 0) is 44.0 Å². The van der Waals surface area contributed by atoms with Gasteiger partial charge in [-0.3, -0.25) is 4.79 Å². The largest absolute Gasteiger partial charge is 0.453 e. The van der Waals surface area contributed by atoms with Crippen LogP contribution in [0.25, 0.3) is 0 Å². The molecule has 2 N–H and O–H groups in total. The molecule has 11 heteroatoms. The average molecular weight is 535 g/mol. The molecule has 1 fully saturated rings. The van der Waals surface area contributed by atoms with E-state index in [1.165, 1.54) is 30.2 Å². The van der Waals surface area contributed by atoms with Crippen molar-refractivity contribution < 1.29 is 14.6 Å². The third kappa shape index (κ3) is 6.43. The molecule has 1 atom stereocenters. The molecule has 37 heavy (non-hydrogen) atoms. The minimum atomic E-state index is -0.974. The molecule has 1 amide bonds. The van der Waals surface area contributed by atoms with Crippen molar-refractivity contribution in [3.63, 3.8) is 0 Å². The number of para-hydroxylation sites is 1. The van der Waals surface area contributed by atoms with E-state index in [-0.39, 0.29) is 11.8 Å². The van der Waals surface area contributed by atoms with Crippen LogP contribution in [0.5, 0.6) is 11.5 Å². The summed E-state index contributed by atoms with van der Waals surface area (Å²) in [7, 11) is 0. The van der Waals surface area contributed by atoms with Crippen molar-refractivity contribution in [3.8, 4) is 11.5 Å². The SMILES string of the molecule is C[C@@H](O)C(=O)N1CCC(c2nsc(Nc3ncc(Sc4ccccn4)cc3Oc3ccccc3)n2)CC1. The molecule has 0 aliphatic carbocycles. The van der Waals surface area contributed by atoms with Gasteiger partial charge in [0.15, 0.2) is 11.6 Å². The Morgan fingerprint density at radius 1 is 1.16 bits per heavy atom. The number of hydrogen-bond donors (Lipinski definition) is 2. The number of carbonyl (C=O) groups is 1. The number of pyridine rings is 2. The van der Waals surface area contributed by atoms with Gasteiger partial charge in [-0.25, -0.2) is 15.0 Å². The van der Waals surface area contributed by atoms with Gasteiger partial charge in [-0.2, -0.15) is 4.37 Å². The Labute approximate surface area is 223 Å². The molecule has 0 unspecified atom stereocenters. The van der Waals surface area contributed by atoms with Gasteiger partial charge in [0.1, 0.15) is 22.7 Å². The molecule has 5 rings (SSSR count). The Morgan fingerprint density at radius 3 is 2.68 bits per heavy atom. The van der Waals surface area contributed by atoms with Crippen LogP contribution in [0.15, 0.2) is 76.9 Å². The van der Waals surface area contributed by atoms with E-state index in [0.717, 1.165) is 28.6 Å². The van der Waals surface area contributed by atoms with Gasteiger partial charge in [0, 0.05) is 53.9 Å². The zero-order valence-electron chi connectivity index (χ0n) is 20.2. The minimum absolute atomic E-state index is 0.162. The van der Waals surface area contributed by atoms with E-state index >= 15 is 0 Å². The lowest BCUT2D eigenvalue weighted by molar-refractivity contribution is -0.140. The van der Waals surface area contributed by atoms with Gasteiger partial charge in [-0.1, -0.05) is 36.0 Å². The van der Waals surface area contributed by atoms with Crippen molar-refractivity contribution >= 4 is 40.2 Å². The van der Waals surface area contributed by atoms with E-state index in [0.29, 0.717) is 35.5 Å². The summed E-state index contributed by atoms with van der Waals surface area (Å²) in [5.74, 6) is 2.49. The van der Waals surface area contributed by atoms with E-state index < -0.39 is 6.10 Å². The quantitative estimate of drug-likeness (QED) is 0.319. The van der Waals surface area contributed by atoms with E-state index in [9.17, 15) is 9.90 Å². The van der Waals surface area contributed by atoms with Gasteiger partial charge in [-0.15, -0.1) is 0 Å². The number of nitrogens with one attached hydrogen (secondary N) is 1. The fourth-order valence-corrected chi connectivity index (χ4v) is 5.39. The molecule has 1 saturated heterocycles. The zero-order valence-corrected chi connectivity index (χ0v) is 21.8. The Hall–Kier alpha value is -3.54. The number of amides is 1. The monoisotopic (exact) mass is 534 g/mol. The summed E-state index contributed by atoms with van der Waals surface area (Å²) in [6.07, 6.45) is 4.08. The number of nitrogens with zero attached hydrogens (tertiary/aromatic N) is 5. The fraction of sp³-hybridized carbons (Fsp3) is 0.269. The van der Waals surface area contributed by atoms with Gasteiger partial charge in [0.05, 0.1) is 0 Å². The van der Waals surface area contributed by atoms with Crippen molar-refractivity contribution in [2.45, 2.75) is 41.7 Å². The van der Waals surface area contributed by atoms with Crippen LogP contribution in [-0.2, 0) is 4.79 Å². The highest BCUT2D eigenvalue weighted by atomic mass is 32.2. The summed E-state index contributed by atoms with van der Waals surface area (Å²) >= 11 is 2.77. The summed E-state index contributed by atoms with van der Waals surface area (Å²) in [6, 6.07) is 17.3. The predicted octanol–water partition coefficient (Wildman–Crippen LogP) is 5.10. The van der Waals surface area contributed by atoms with Crippen LogP contribution in [0.3, 0.4) is 0 Å². The number of hydrogen-bond acceptors (Lipinski definition) is 10. The summed E-state index contributed by atoms with van der Waals surface area (Å²) in [6.45, 7) is 2.67. The van der Waals surface area contributed by atoms with Crippen molar-refractivity contribution in [1.29, 1.82) is 0 Å². The van der Waals surface area contributed by atoms with Crippen LogP contribution in [0.4, 0.5) is 10.9 Å². The summed E-state index contributed by atoms with van der Waals surface area (Å²) in [4.78, 5) is 28.3. The molecule has 1 aromatic carbocycles. The number of ether oxygens (including phenoxy) is 1. The normalized spacial score (nSPS) is 14.8. The number of rotatable bonds is 8. The molecule has 0 saturated carbocycles. The lowest BCUT2D eigenvalue weighted by atomic mass is 9.96. The molecule has 1 aliphatic rings. The smallest absolute Gasteiger partial charge is 0.251 e. The van der Waals surface area contributed by atoms with Crippen LogP contribution in [0.2, 0.25) is 0 Å². The maximum Gasteiger partial charge on any atom is 0.251 e. The number of aliphatic hydroxyl groups excluding tert-OH is 1. The number of piperidine rings is 1. The number of aromatic nitrogens is 4. The highest BCUT2D eigenvalue weighted by Crippen LogP contribution is 2.36. The molecule has 3 aromatic heterocycles. The highest BCUT2D eigenvalue weighted by Gasteiger charge is 2.28. The summed E-state index contributed by atoms with van der Waals surface area (Å²) < 4.78 is 10.7. The van der Waals surface area contributed by atoms with E-state index in [1.54, 1.807) is 17.3 Å². The van der Waals surface area contributed by atoms with E-state index in [4.69, 9.17) is 9.72 Å². The number of likely N-dealkylation sites (tertiary alicyclic amines) is 1. The first-order valence-corrected chi connectivity index (χ1v) is 13.5. The first-order valence-electron chi connectivity index (χ1n) is 11.9. The summed E-state index contributed by atoms with van der Waals surface area (Å²) in [5.41, 5.74) is 0. The lowest BCUT2D eigenvalue weighted by Crippen LogP contribution is -2.42. The van der Waals surface area contributed by atoms with Gasteiger partial charge >= 0.3 is 0 Å². The van der Waals surface area contributed by atoms with E-state index in [2.05, 4.69) is 19.7 Å². The van der Waals surface area contributed by atoms with Crippen molar-refractivity contribution in [2.75, 3.05) is 18.4 Å². The first kappa shape index (κ1) is 25.1. The Kier molecular flexibility index (Phi) is 7.93. The second kappa shape index (κ2) is 11.7. The molecule has 0 bridgehead atoms. The van der Waals surface area contributed by atoms with Crippen LogP contribution in [0.1, 0.15) is 31.5 Å². The van der Waals surface area contributed by atoms with Gasteiger partial charge in [0.25, 0.3) is 5.91 Å². The van der Waals surface area contributed by atoms with Gasteiger partial charge in [0.2, 0.25) is 5.13 Å². The zero-order chi connectivity index (χ0) is 25.6. The molecule has 1 aliphatic heterocycles. The molecule has 0 spiro atoms. The van der Waals surface area contributed by atoms with E-state index in [1.807, 2.05) is 54.6 Å². The summed E-state index contributed by atoms with van der Waals surface area (Å²) in [5, 5.41) is 14.3. The van der Waals surface area contributed by atoms with Gasteiger partial charge < -0.3 is 20.1 Å². The highest BCUT2D eigenvalue weighted by molar-refractivity contribution is 7.99. The maximum absolute atomic E-state index is 12.1. The third-order valence-corrected chi connectivity index (χ3v) is 7.41. The van der Waals surface area contributed by atoms with Crippen LogP contribution >= 0.6 is 23.3 Å². The van der Waals surface area contributed by atoms with Crippen molar-refractivity contribution in [3.05, 3.63) is 72.8 Å². The van der Waals surface area contributed by atoms with Crippen molar-refractivity contribution in [2.24, 2.45) is 0 Å². The van der Waals surface area contributed by atoms with Crippen LogP contribution in [0, 0.1) is 0 Å². The Bertz CT molecular complexity index is 1330. The fourth-order valence-electron chi connectivity index (χ4n) is 3.97. The number of carbonyl (C=O) groups excluding carboxylic acids is 1. The number of benzene rings is 1. The van der Waals surface area contributed by atoms with Crippen LogP contribution in [-0.4, -0.2) is 54.4 Å². The van der Waals surface area contributed by atoms with Crippen LogP contribution < -0.4 is 10.1 Å². The second-order valence-electron chi connectivity index (χ2n) is 8.56. The number of anilines is 2. The molecular formula is C26H26N6O3S2. The Balaban J connectivity index is 1.31.